The fourth-order valence-corrected chi connectivity index (χ4v) is 8.78. The second-order valence-corrected chi connectivity index (χ2v) is 19.2. The van der Waals surface area contributed by atoms with Gasteiger partial charge < -0.3 is 14.0 Å². The number of hydrogen-bond acceptors (Lipinski definition) is 7. The van der Waals surface area contributed by atoms with E-state index >= 15 is 0 Å². The van der Waals surface area contributed by atoms with Gasteiger partial charge in [-0.25, -0.2) is 18.0 Å². The monoisotopic (exact) mass is 925 g/mol. The second-order valence-electron chi connectivity index (χ2n) is 17.8. The van der Waals surface area contributed by atoms with Crippen molar-refractivity contribution in [3.8, 4) is 0 Å². The van der Waals surface area contributed by atoms with Crippen LogP contribution in [0.2, 0.25) is 0 Å². The molecule has 0 aliphatic carbocycles. The molecule has 0 saturated heterocycles. The first-order chi connectivity index (χ1) is 30.3. The summed E-state index contributed by atoms with van der Waals surface area (Å²) in [5.41, 5.74) is -0.824. The van der Waals surface area contributed by atoms with E-state index in [1.807, 2.05) is 0 Å². The molecule has 1 aromatic rings. The molecule has 0 aliphatic heterocycles. The topological polar surface area (TPSA) is 110 Å². The van der Waals surface area contributed by atoms with Crippen LogP contribution < -0.4 is 51.4 Å². The van der Waals surface area contributed by atoms with Gasteiger partial charge in [0, 0.05) is 0 Å². The van der Waals surface area contributed by atoms with Crippen LogP contribution in [0.4, 0.5) is 0 Å². The molecule has 0 bridgehead atoms. The fraction of sp³-hybridized carbons (Fsp3) is 0.778. The summed E-state index contributed by atoms with van der Waals surface area (Å²) in [6.07, 6.45) is 56.6. The van der Waals surface area contributed by atoms with Crippen LogP contribution in [-0.4, -0.2) is 38.1 Å². The number of carbonyl (C=O) groups is 2. The van der Waals surface area contributed by atoms with Crippen LogP contribution in [0.3, 0.4) is 0 Å². The predicted molar refractivity (Wildman–Crippen MR) is 260 cm³/mol. The van der Waals surface area contributed by atoms with Crippen molar-refractivity contribution in [2.75, 3.05) is 13.2 Å². The number of unbranched alkanes of at least 4 members (excludes halogenated alkanes) is 34. The summed E-state index contributed by atoms with van der Waals surface area (Å²) in [5, 5.41) is 0. The van der Waals surface area contributed by atoms with E-state index in [4.69, 9.17) is 9.47 Å². The van der Waals surface area contributed by atoms with E-state index in [1.165, 1.54) is 218 Å². The normalized spacial score (nSPS) is 11.7. The van der Waals surface area contributed by atoms with Gasteiger partial charge in [-0.2, -0.15) is 0 Å². The first-order valence-electron chi connectivity index (χ1n) is 26.1. The number of benzene rings is 1. The molecule has 7 nitrogen and oxygen atoms in total. The molecule has 63 heavy (non-hydrogen) atoms. The molecular formula is C54H93KO7S. The molecule has 0 unspecified atom stereocenters. The van der Waals surface area contributed by atoms with Crippen LogP contribution in [0.25, 0.3) is 0 Å². The van der Waals surface area contributed by atoms with E-state index in [0.717, 1.165) is 25.3 Å². The quantitative estimate of drug-likeness (QED) is 0.0211. The molecule has 1 rings (SSSR count). The predicted octanol–water partition coefficient (Wildman–Crippen LogP) is 13.9. The standard InChI is InChI=1S/C54H94O7S.K/c1-3-5-7-9-11-13-15-17-19-21-23-25-27-29-31-33-35-37-39-41-43-48-60-53(55)50-46-45-47-51(62(57,58)59)52(50)54(56)61-49-44-42-40-38-36-34-32-30-28-26-24-22-20-18-16-14-12-10-8-6-4-2;/h37-40,45-47H,3-36,41-44,48-49H2,1-2H3,(H,57,58,59);/q;+1/p-1/b39-37+,40-38+;. The van der Waals surface area contributed by atoms with Crippen molar-refractivity contribution < 1.29 is 83.4 Å². The Kier molecular flexibility index (Phi) is 45.7. The van der Waals surface area contributed by atoms with E-state index in [-0.39, 0.29) is 70.2 Å². The maximum Gasteiger partial charge on any atom is 1.00 e. The summed E-state index contributed by atoms with van der Waals surface area (Å²) in [5.74, 6) is -1.86. The molecule has 0 saturated carbocycles. The number of carbonyl (C=O) groups excluding carboxylic acids is 2. The van der Waals surface area contributed by atoms with Gasteiger partial charge in [0.05, 0.1) is 29.2 Å². The Morgan fingerprint density at radius 2 is 0.730 bits per heavy atom. The largest absolute Gasteiger partial charge is 1.00 e. The molecule has 358 valence electrons. The van der Waals surface area contributed by atoms with Crippen LogP contribution in [0.5, 0.6) is 0 Å². The molecular weight excluding hydrogens is 832 g/mol. The number of rotatable bonds is 45. The zero-order valence-corrected chi connectivity index (χ0v) is 45.0. The van der Waals surface area contributed by atoms with Gasteiger partial charge >= 0.3 is 63.3 Å². The van der Waals surface area contributed by atoms with Crippen LogP contribution in [0.15, 0.2) is 47.4 Å². The second kappa shape index (κ2) is 46.3. The van der Waals surface area contributed by atoms with Gasteiger partial charge in [-0.15, -0.1) is 0 Å². The molecule has 0 radical (unpaired) electrons. The average molecular weight is 925 g/mol. The van der Waals surface area contributed by atoms with Crippen LogP contribution >= 0.6 is 0 Å². The van der Waals surface area contributed by atoms with Crippen molar-refractivity contribution in [3.05, 3.63) is 53.6 Å². The van der Waals surface area contributed by atoms with Crippen molar-refractivity contribution in [1.82, 2.24) is 0 Å². The summed E-state index contributed by atoms with van der Waals surface area (Å²) in [4.78, 5) is 25.3. The zero-order valence-electron chi connectivity index (χ0n) is 41.1. The minimum atomic E-state index is -5.04. The Bertz CT molecular complexity index is 1380. The summed E-state index contributed by atoms with van der Waals surface area (Å²) in [7, 11) is -5.04. The minimum absolute atomic E-state index is 0. The fourth-order valence-electron chi connectivity index (χ4n) is 8.09. The molecule has 1 aromatic carbocycles. The van der Waals surface area contributed by atoms with Crippen molar-refractivity contribution in [2.24, 2.45) is 0 Å². The average Bonchev–Trinajstić information content (AvgIpc) is 3.26. The Morgan fingerprint density at radius 3 is 1.05 bits per heavy atom. The minimum Gasteiger partial charge on any atom is -0.744 e. The molecule has 0 aromatic heterocycles. The molecule has 0 fully saturated rings. The van der Waals surface area contributed by atoms with Gasteiger partial charge in [-0.05, 0) is 63.5 Å². The SMILES string of the molecule is CCCCCCCCCCCCCCCCCC/C=C/CCCOC(=O)c1cccc(S(=O)(=O)[O-])c1C(=O)OCCC/C=C/CCCCCCCCCCCCCCCCCC.[K+]. The third kappa shape index (κ3) is 37.9. The van der Waals surface area contributed by atoms with E-state index in [2.05, 4.69) is 38.2 Å². The zero-order chi connectivity index (χ0) is 45.0. The van der Waals surface area contributed by atoms with Crippen molar-refractivity contribution in [1.29, 1.82) is 0 Å². The maximum atomic E-state index is 13.1. The molecule has 0 spiro atoms. The van der Waals surface area contributed by atoms with Gasteiger partial charge in [0.15, 0.2) is 0 Å². The third-order valence-corrected chi connectivity index (χ3v) is 12.9. The van der Waals surface area contributed by atoms with E-state index < -0.39 is 32.5 Å². The van der Waals surface area contributed by atoms with Crippen molar-refractivity contribution >= 4 is 22.1 Å². The number of hydrogen-bond donors (Lipinski definition) is 0. The van der Waals surface area contributed by atoms with E-state index in [9.17, 15) is 22.6 Å². The number of allylic oxidation sites excluding steroid dienone is 4. The van der Waals surface area contributed by atoms with Crippen molar-refractivity contribution in [3.63, 3.8) is 0 Å². The third-order valence-electron chi connectivity index (χ3n) is 12.0. The van der Waals surface area contributed by atoms with Gasteiger partial charge in [-0.3, -0.25) is 0 Å². The van der Waals surface area contributed by atoms with Gasteiger partial charge in [0.2, 0.25) is 0 Å². The van der Waals surface area contributed by atoms with Gasteiger partial charge in [0.1, 0.15) is 10.1 Å². The first-order valence-corrected chi connectivity index (χ1v) is 27.5. The summed E-state index contributed by atoms with van der Waals surface area (Å²) in [6, 6.07) is 3.60. The summed E-state index contributed by atoms with van der Waals surface area (Å²) >= 11 is 0. The van der Waals surface area contributed by atoms with E-state index in [1.54, 1.807) is 0 Å². The maximum absolute atomic E-state index is 13.1. The first kappa shape index (κ1) is 62.2. The van der Waals surface area contributed by atoms with Crippen LogP contribution in [-0.2, 0) is 19.6 Å². The van der Waals surface area contributed by atoms with E-state index in [0.29, 0.717) is 19.3 Å². The molecule has 0 heterocycles. The molecule has 0 aliphatic rings. The Morgan fingerprint density at radius 1 is 0.444 bits per heavy atom. The van der Waals surface area contributed by atoms with Gasteiger partial charge in [-0.1, -0.05) is 237 Å². The number of ether oxygens (including phenoxy) is 2. The molecule has 0 atom stereocenters. The van der Waals surface area contributed by atoms with Gasteiger partial charge in [0.25, 0.3) is 0 Å². The Hall–Kier alpha value is -0.814. The molecule has 0 N–H and O–H groups in total. The van der Waals surface area contributed by atoms with Crippen molar-refractivity contribution in [2.45, 2.75) is 263 Å². The number of esters is 2. The summed E-state index contributed by atoms with van der Waals surface area (Å²) in [6.45, 7) is 4.69. The van der Waals surface area contributed by atoms with Crippen LogP contribution in [0, 0.1) is 0 Å². The molecule has 9 heteroatoms. The van der Waals surface area contributed by atoms with Crippen LogP contribution in [0.1, 0.15) is 279 Å². The Labute approximate surface area is 431 Å². The Balaban J connectivity index is 0.0000384. The summed E-state index contributed by atoms with van der Waals surface area (Å²) < 4.78 is 46.8. The molecule has 0 amide bonds. The smallest absolute Gasteiger partial charge is 0.744 e.